The first-order valence-corrected chi connectivity index (χ1v) is 27.0. The smallest absolute Gasteiger partial charge is 0.462 e. The Morgan fingerprint density at radius 1 is 0.441 bits per heavy atom. The van der Waals surface area contributed by atoms with Gasteiger partial charge < -0.3 is 14.4 Å². The summed E-state index contributed by atoms with van der Waals surface area (Å²) in [6.07, 6.45) is 51.4. The van der Waals surface area contributed by atoms with E-state index in [0.29, 0.717) is 12.8 Å². The normalized spacial score (nSPS) is 13.2. The lowest BCUT2D eigenvalue weighted by atomic mass is 10.0. The van der Waals surface area contributed by atoms with E-state index >= 15 is 0 Å². The maximum Gasteiger partial charge on any atom is 0.472 e. The van der Waals surface area contributed by atoms with Gasteiger partial charge >= 0.3 is 19.8 Å². The number of hydrogen-bond acceptors (Lipinski definition) is 7. The number of esters is 2. The summed E-state index contributed by atoms with van der Waals surface area (Å²) in [6, 6.07) is 0. The topological polar surface area (TPSA) is 108 Å². The van der Waals surface area contributed by atoms with Crippen LogP contribution in [-0.4, -0.2) is 42.8 Å². The first-order chi connectivity index (χ1) is 28.8. The highest BCUT2D eigenvalue weighted by molar-refractivity contribution is 7.47. The molecule has 0 aromatic rings. The molecule has 0 radical (unpaired) electrons. The zero-order valence-electron chi connectivity index (χ0n) is 39.2. The molecule has 0 spiro atoms. The van der Waals surface area contributed by atoms with Crippen LogP contribution >= 0.6 is 7.82 Å². The van der Waals surface area contributed by atoms with Crippen LogP contribution in [0.15, 0.2) is 12.2 Å². The van der Waals surface area contributed by atoms with Gasteiger partial charge in [-0.15, -0.1) is 0 Å². The number of hydrogen-bond donors (Lipinski definition) is 1. The zero-order valence-corrected chi connectivity index (χ0v) is 40.1. The van der Waals surface area contributed by atoms with E-state index in [-0.39, 0.29) is 25.6 Å². The molecule has 0 saturated carbocycles. The standard InChI is InChI=1S/C50H97O8P/c1-4-7-9-11-13-15-17-19-21-23-24-25-26-27-28-29-31-32-34-36-38-40-42-44-49(51)55-46-48(47-57-59(53,54)56-6-3)58-50(52)45-43-41-39-37-35-33-30-22-20-18-16-14-12-10-8-5-2/h22,30,48H,4-21,23-29,31-47H2,1-3H3,(H,53,54)/b30-22-. The summed E-state index contributed by atoms with van der Waals surface area (Å²) < 4.78 is 32.8. The Bertz CT molecular complexity index is 973. The molecular formula is C50H97O8P. The van der Waals surface area contributed by atoms with Crippen molar-refractivity contribution in [3.05, 3.63) is 12.2 Å². The Kier molecular flexibility index (Phi) is 45.3. The van der Waals surface area contributed by atoms with Gasteiger partial charge in [0.25, 0.3) is 0 Å². The highest BCUT2D eigenvalue weighted by Gasteiger charge is 2.25. The lowest BCUT2D eigenvalue weighted by Gasteiger charge is -2.19. The average molecular weight is 857 g/mol. The fourth-order valence-electron chi connectivity index (χ4n) is 7.57. The fraction of sp³-hybridized carbons (Fsp3) is 0.920. The van der Waals surface area contributed by atoms with Crippen molar-refractivity contribution in [2.75, 3.05) is 19.8 Å². The van der Waals surface area contributed by atoms with Crippen molar-refractivity contribution in [1.82, 2.24) is 0 Å². The second-order valence-corrected chi connectivity index (χ2v) is 18.6. The van der Waals surface area contributed by atoms with Crippen molar-refractivity contribution >= 4 is 19.8 Å². The SMILES string of the molecule is CCCCCCCCC/C=C\CCCCCCCC(=O)OC(COC(=O)CCCCCCCCCCCCCCCCCCCCCCCCC)COP(=O)(O)OCC. The summed E-state index contributed by atoms with van der Waals surface area (Å²) in [5.41, 5.74) is 0. The number of allylic oxidation sites excluding steroid dienone is 2. The molecule has 0 heterocycles. The second-order valence-electron chi connectivity index (χ2n) is 17.2. The molecule has 350 valence electrons. The molecule has 0 aliphatic carbocycles. The van der Waals surface area contributed by atoms with Gasteiger partial charge in [0.15, 0.2) is 6.10 Å². The maximum atomic E-state index is 12.6. The van der Waals surface area contributed by atoms with Crippen LogP contribution in [0.3, 0.4) is 0 Å². The molecule has 0 saturated heterocycles. The quantitative estimate of drug-likeness (QED) is 0.0279. The number of rotatable bonds is 48. The highest BCUT2D eigenvalue weighted by Crippen LogP contribution is 2.43. The summed E-state index contributed by atoms with van der Waals surface area (Å²) in [5, 5.41) is 0. The third-order valence-corrected chi connectivity index (χ3v) is 12.4. The molecule has 8 nitrogen and oxygen atoms in total. The molecule has 0 aromatic heterocycles. The third-order valence-electron chi connectivity index (χ3n) is 11.3. The molecule has 0 aliphatic rings. The number of unbranched alkanes of at least 4 members (excludes halogenated alkanes) is 34. The minimum absolute atomic E-state index is 0.00231. The van der Waals surface area contributed by atoms with Crippen LogP contribution in [0.25, 0.3) is 0 Å². The van der Waals surface area contributed by atoms with E-state index in [1.807, 2.05) is 0 Å². The average Bonchev–Trinajstić information content (AvgIpc) is 3.22. The van der Waals surface area contributed by atoms with Gasteiger partial charge in [0.05, 0.1) is 13.2 Å². The van der Waals surface area contributed by atoms with Crippen LogP contribution in [0.5, 0.6) is 0 Å². The summed E-state index contributed by atoms with van der Waals surface area (Å²) in [5.74, 6) is -0.791. The van der Waals surface area contributed by atoms with Crippen LogP contribution in [0.1, 0.15) is 271 Å². The molecule has 0 aromatic carbocycles. The number of phosphoric acid groups is 1. The molecular weight excluding hydrogens is 760 g/mol. The molecule has 2 atom stereocenters. The van der Waals surface area contributed by atoms with Crippen LogP contribution in [0.2, 0.25) is 0 Å². The molecule has 1 N–H and O–H groups in total. The Labute approximate surface area is 365 Å². The molecule has 59 heavy (non-hydrogen) atoms. The third kappa shape index (κ3) is 46.1. The minimum Gasteiger partial charge on any atom is -0.462 e. The van der Waals surface area contributed by atoms with Crippen molar-refractivity contribution in [2.24, 2.45) is 0 Å². The van der Waals surface area contributed by atoms with Crippen LogP contribution in [0.4, 0.5) is 0 Å². The number of ether oxygens (including phenoxy) is 2. The van der Waals surface area contributed by atoms with E-state index < -0.39 is 26.5 Å². The van der Waals surface area contributed by atoms with E-state index in [1.54, 1.807) is 6.92 Å². The first kappa shape index (κ1) is 57.8. The van der Waals surface area contributed by atoms with Crippen LogP contribution in [-0.2, 0) is 32.7 Å². The zero-order chi connectivity index (χ0) is 43.2. The second kappa shape index (κ2) is 46.3. The Balaban J connectivity index is 3.92. The molecule has 0 bridgehead atoms. The van der Waals surface area contributed by atoms with Gasteiger partial charge in [-0.3, -0.25) is 18.6 Å². The molecule has 0 aliphatic heterocycles. The van der Waals surface area contributed by atoms with Gasteiger partial charge in [0, 0.05) is 12.8 Å². The minimum atomic E-state index is -4.28. The molecule has 0 amide bonds. The number of phosphoric ester groups is 1. The van der Waals surface area contributed by atoms with Crippen LogP contribution in [0, 0.1) is 0 Å². The van der Waals surface area contributed by atoms with E-state index in [9.17, 15) is 19.0 Å². The molecule has 2 unspecified atom stereocenters. The van der Waals surface area contributed by atoms with E-state index in [1.165, 1.54) is 180 Å². The lowest BCUT2D eigenvalue weighted by molar-refractivity contribution is -0.161. The number of carbonyl (C=O) groups excluding carboxylic acids is 2. The predicted molar refractivity (Wildman–Crippen MR) is 249 cm³/mol. The largest absolute Gasteiger partial charge is 0.472 e. The lowest BCUT2D eigenvalue weighted by Crippen LogP contribution is -2.29. The van der Waals surface area contributed by atoms with Crippen molar-refractivity contribution in [3.63, 3.8) is 0 Å². The van der Waals surface area contributed by atoms with Gasteiger partial charge in [-0.2, -0.15) is 0 Å². The Morgan fingerprint density at radius 2 is 0.763 bits per heavy atom. The van der Waals surface area contributed by atoms with Crippen LogP contribution < -0.4 is 0 Å². The van der Waals surface area contributed by atoms with Gasteiger partial charge in [0.1, 0.15) is 6.61 Å². The summed E-state index contributed by atoms with van der Waals surface area (Å²) in [7, 11) is -4.28. The summed E-state index contributed by atoms with van der Waals surface area (Å²) in [6.45, 7) is 5.52. The summed E-state index contributed by atoms with van der Waals surface area (Å²) in [4.78, 5) is 34.9. The van der Waals surface area contributed by atoms with Gasteiger partial charge in [-0.1, -0.05) is 225 Å². The van der Waals surface area contributed by atoms with Gasteiger partial charge in [-0.25, -0.2) is 4.57 Å². The van der Waals surface area contributed by atoms with Crippen molar-refractivity contribution in [2.45, 2.75) is 277 Å². The first-order valence-electron chi connectivity index (χ1n) is 25.5. The van der Waals surface area contributed by atoms with E-state index in [2.05, 4.69) is 26.0 Å². The molecule has 0 rings (SSSR count). The Morgan fingerprint density at radius 3 is 1.12 bits per heavy atom. The van der Waals surface area contributed by atoms with E-state index in [4.69, 9.17) is 18.5 Å². The van der Waals surface area contributed by atoms with Gasteiger partial charge in [0.2, 0.25) is 0 Å². The van der Waals surface area contributed by atoms with E-state index in [0.717, 1.165) is 51.4 Å². The van der Waals surface area contributed by atoms with Crippen molar-refractivity contribution in [1.29, 1.82) is 0 Å². The Hall–Kier alpha value is -1.21. The van der Waals surface area contributed by atoms with Crippen molar-refractivity contribution in [3.8, 4) is 0 Å². The monoisotopic (exact) mass is 857 g/mol. The number of carbonyl (C=O) groups is 2. The molecule has 0 fully saturated rings. The maximum absolute atomic E-state index is 12.6. The molecule has 9 heteroatoms. The fourth-order valence-corrected chi connectivity index (χ4v) is 8.32. The van der Waals surface area contributed by atoms with Gasteiger partial charge in [-0.05, 0) is 45.4 Å². The predicted octanol–water partition coefficient (Wildman–Crippen LogP) is 16.4. The van der Waals surface area contributed by atoms with Crippen molar-refractivity contribution < 1.29 is 37.6 Å². The summed E-state index contributed by atoms with van der Waals surface area (Å²) >= 11 is 0. The highest BCUT2D eigenvalue weighted by atomic mass is 31.2.